The van der Waals surface area contributed by atoms with Crippen LogP contribution in [-0.4, -0.2) is 17.7 Å². The van der Waals surface area contributed by atoms with Gasteiger partial charge in [-0.3, -0.25) is 4.79 Å². The van der Waals surface area contributed by atoms with Gasteiger partial charge in [0.25, 0.3) is 0 Å². The van der Waals surface area contributed by atoms with Crippen molar-refractivity contribution in [2.24, 2.45) is 5.16 Å². The van der Waals surface area contributed by atoms with Gasteiger partial charge in [-0.1, -0.05) is 17.3 Å². The van der Waals surface area contributed by atoms with Gasteiger partial charge in [0.2, 0.25) is 0 Å². The number of benzene rings is 1. The van der Waals surface area contributed by atoms with Gasteiger partial charge in [-0.25, -0.2) is 4.79 Å². The number of ether oxygens (including phenoxy) is 1. The van der Waals surface area contributed by atoms with Crippen molar-refractivity contribution in [3.8, 4) is 5.75 Å². The van der Waals surface area contributed by atoms with E-state index in [9.17, 15) is 9.59 Å². The van der Waals surface area contributed by atoms with E-state index in [1.165, 1.54) is 13.8 Å². The molecule has 0 aromatic heterocycles. The van der Waals surface area contributed by atoms with Crippen LogP contribution in [0.15, 0.2) is 23.4 Å². The van der Waals surface area contributed by atoms with Gasteiger partial charge in [0.15, 0.2) is 0 Å². The lowest BCUT2D eigenvalue weighted by Crippen LogP contribution is -2.04. The Morgan fingerprint density at radius 1 is 1.17 bits per heavy atom. The number of rotatable bonds is 2. The summed E-state index contributed by atoms with van der Waals surface area (Å²) in [5.74, 6) is -0.256. The van der Waals surface area contributed by atoms with E-state index in [1.807, 2.05) is 6.07 Å². The number of fused-ring (bicyclic) bond motifs is 1. The molecule has 0 bridgehead atoms. The van der Waals surface area contributed by atoms with Crippen molar-refractivity contribution >= 4 is 17.7 Å². The van der Waals surface area contributed by atoms with Crippen molar-refractivity contribution in [2.75, 3.05) is 0 Å². The van der Waals surface area contributed by atoms with Gasteiger partial charge >= 0.3 is 11.9 Å². The molecule has 0 spiro atoms. The molecule has 0 saturated heterocycles. The van der Waals surface area contributed by atoms with E-state index >= 15 is 0 Å². The topological polar surface area (TPSA) is 65.0 Å². The number of oxime groups is 1. The average molecular weight is 247 g/mol. The van der Waals surface area contributed by atoms with Crippen LogP contribution in [0.25, 0.3) is 0 Å². The first-order valence-corrected chi connectivity index (χ1v) is 5.63. The Bertz CT molecular complexity index is 534. The van der Waals surface area contributed by atoms with Crippen molar-refractivity contribution in [2.45, 2.75) is 26.7 Å². The summed E-state index contributed by atoms with van der Waals surface area (Å²) in [4.78, 5) is 26.4. The lowest BCUT2D eigenvalue weighted by Gasteiger charge is -2.06. The molecule has 18 heavy (non-hydrogen) atoms. The van der Waals surface area contributed by atoms with Crippen LogP contribution in [0.5, 0.6) is 5.75 Å². The lowest BCUT2D eigenvalue weighted by molar-refractivity contribution is -0.141. The first-order chi connectivity index (χ1) is 8.58. The molecule has 2 rings (SSSR count). The quantitative estimate of drug-likeness (QED) is 0.346. The zero-order valence-electron chi connectivity index (χ0n) is 10.2. The highest BCUT2D eigenvalue weighted by molar-refractivity contribution is 6.05. The number of esters is 1. The van der Waals surface area contributed by atoms with Gasteiger partial charge < -0.3 is 9.57 Å². The molecule has 0 amide bonds. The largest absolute Gasteiger partial charge is 0.426 e. The van der Waals surface area contributed by atoms with Gasteiger partial charge in [-0.2, -0.15) is 0 Å². The molecular formula is C13H13NO4. The Balaban J connectivity index is 2.31. The standard InChI is InChI=1S/C13H13NO4/c1-8(15)17-13-5-3-4-10-11(13)6-7-12(10)14-18-9(2)16/h3-5H,6-7H2,1-2H3/b14-12+. The maximum Gasteiger partial charge on any atom is 0.331 e. The fraction of sp³-hybridized carbons (Fsp3) is 0.308. The van der Waals surface area contributed by atoms with Crippen LogP contribution < -0.4 is 4.74 Å². The van der Waals surface area contributed by atoms with Crippen LogP contribution >= 0.6 is 0 Å². The fourth-order valence-electron chi connectivity index (χ4n) is 1.94. The third kappa shape index (κ3) is 2.56. The molecule has 0 N–H and O–H groups in total. The molecular weight excluding hydrogens is 234 g/mol. The molecule has 94 valence electrons. The summed E-state index contributed by atoms with van der Waals surface area (Å²) in [5, 5.41) is 3.81. The molecule has 0 unspecified atom stereocenters. The zero-order chi connectivity index (χ0) is 13.1. The Morgan fingerprint density at radius 3 is 2.61 bits per heavy atom. The highest BCUT2D eigenvalue weighted by atomic mass is 16.7. The van der Waals surface area contributed by atoms with Crippen LogP contribution in [0.1, 0.15) is 31.4 Å². The summed E-state index contributed by atoms with van der Waals surface area (Å²) in [6, 6.07) is 5.40. The average Bonchev–Trinajstić information content (AvgIpc) is 2.70. The molecule has 5 nitrogen and oxygen atoms in total. The van der Waals surface area contributed by atoms with Crippen molar-refractivity contribution in [1.29, 1.82) is 0 Å². The molecule has 1 aliphatic carbocycles. The first kappa shape index (κ1) is 12.3. The van der Waals surface area contributed by atoms with Crippen molar-refractivity contribution in [1.82, 2.24) is 0 Å². The maximum atomic E-state index is 11.0. The molecule has 1 aromatic rings. The van der Waals surface area contributed by atoms with Gasteiger partial charge in [0.1, 0.15) is 5.75 Å². The second kappa shape index (κ2) is 5.00. The third-order valence-electron chi connectivity index (χ3n) is 2.59. The molecule has 1 aliphatic rings. The summed E-state index contributed by atoms with van der Waals surface area (Å²) in [7, 11) is 0. The predicted octanol–water partition coefficient (Wildman–Crippen LogP) is 1.83. The molecule has 5 heteroatoms. The Labute approximate surface area is 104 Å². The second-order valence-corrected chi connectivity index (χ2v) is 4.00. The van der Waals surface area contributed by atoms with Crippen molar-refractivity contribution in [3.63, 3.8) is 0 Å². The number of carbonyl (C=O) groups excluding carboxylic acids is 2. The minimum absolute atomic E-state index is 0.353. The molecule has 0 heterocycles. The Hall–Kier alpha value is -2.17. The number of carbonyl (C=O) groups is 2. The monoisotopic (exact) mass is 247 g/mol. The number of hydrogen-bond donors (Lipinski definition) is 0. The van der Waals surface area contributed by atoms with Gasteiger partial charge in [0, 0.05) is 25.0 Å². The van der Waals surface area contributed by atoms with E-state index in [1.54, 1.807) is 12.1 Å². The van der Waals surface area contributed by atoms with Gasteiger partial charge in [0.05, 0.1) is 5.71 Å². The van der Waals surface area contributed by atoms with E-state index in [0.717, 1.165) is 17.5 Å². The van der Waals surface area contributed by atoms with Crippen LogP contribution in [-0.2, 0) is 20.8 Å². The maximum absolute atomic E-state index is 11.0. The third-order valence-corrected chi connectivity index (χ3v) is 2.59. The predicted molar refractivity (Wildman–Crippen MR) is 64.4 cm³/mol. The highest BCUT2D eigenvalue weighted by Crippen LogP contribution is 2.31. The lowest BCUT2D eigenvalue weighted by atomic mass is 10.1. The molecule has 1 aromatic carbocycles. The highest BCUT2D eigenvalue weighted by Gasteiger charge is 2.22. The minimum Gasteiger partial charge on any atom is -0.426 e. The first-order valence-electron chi connectivity index (χ1n) is 5.63. The summed E-state index contributed by atoms with van der Waals surface area (Å²) < 4.78 is 5.13. The Morgan fingerprint density at radius 2 is 1.94 bits per heavy atom. The van der Waals surface area contributed by atoms with Gasteiger partial charge in [-0.15, -0.1) is 0 Å². The summed E-state index contributed by atoms with van der Waals surface area (Å²) in [6.45, 7) is 2.66. The van der Waals surface area contributed by atoms with E-state index in [0.29, 0.717) is 17.9 Å². The normalized spacial score (nSPS) is 15.3. The summed E-state index contributed by atoms with van der Waals surface area (Å²) in [6.07, 6.45) is 1.39. The van der Waals surface area contributed by atoms with E-state index in [4.69, 9.17) is 4.74 Å². The van der Waals surface area contributed by atoms with Crippen LogP contribution in [0, 0.1) is 0 Å². The fourth-order valence-corrected chi connectivity index (χ4v) is 1.94. The summed E-state index contributed by atoms with van der Waals surface area (Å²) in [5.41, 5.74) is 2.50. The molecule has 0 fully saturated rings. The van der Waals surface area contributed by atoms with E-state index in [-0.39, 0.29) is 5.97 Å². The Kier molecular flexibility index (Phi) is 3.41. The number of hydrogen-bond acceptors (Lipinski definition) is 5. The van der Waals surface area contributed by atoms with Crippen molar-refractivity contribution in [3.05, 3.63) is 29.3 Å². The van der Waals surface area contributed by atoms with E-state index in [2.05, 4.69) is 9.99 Å². The SMILES string of the molecule is CC(=O)O/N=C1\CCc2c(OC(C)=O)cccc21. The van der Waals surface area contributed by atoms with Gasteiger partial charge in [-0.05, 0) is 18.9 Å². The summed E-state index contributed by atoms with van der Waals surface area (Å²) >= 11 is 0. The van der Waals surface area contributed by atoms with Crippen LogP contribution in [0.2, 0.25) is 0 Å². The molecule has 0 radical (unpaired) electrons. The molecule has 0 saturated carbocycles. The molecule has 0 atom stereocenters. The molecule has 0 aliphatic heterocycles. The van der Waals surface area contributed by atoms with Crippen LogP contribution in [0.3, 0.4) is 0 Å². The zero-order valence-corrected chi connectivity index (χ0v) is 10.2. The van der Waals surface area contributed by atoms with Crippen LogP contribution in [0.4, 0.5) is 0 Å². The second-order valence-electron chi connectivity index (χ2n) is 4.00. The van der Waals surface area contributed by atoms with Crippen molar-refractivity contribution < 1.29 is 19.2 Å². The van der Waals surface area contributed by atoms with E-state index < -0.39 is 5.97 Å². The number of nitrogens with zero attached hydrogens (tertiary/aromatic N) is 1. The minimum atomic E-state index is -0.452. The smallest absolute Gasteiger partial charge is 0.331 e.